The van der Waals surface area contributed by atoms with Gasteiger partial charge in [0.15, 0.2) is 0 Å². The van der Waals surface area contributed by atoms with Crippen LogP contribution < -0.4 is 10.1 Å². The summed E-state index contributed by atoms with van der Waals surface area (Å²) in [6.45, 7) is 10.9. The van der Waals surface area contributed by atoms with Crippen molar-refractivity contribution in [2.75, 3.05) is 13.2 Å². The zero-order valence-corrected chi connectivity index (χ0v) is 11.4. The minimum atomic E-state index is 0.547. The van der Waals surface area contributed by atoms with Crippen LogP contribution in [0.3, 0.4) is 0 Å². The van der Waals surface area contributed by atoms with Gasteiger partial charge in [-0.1, -0.05) is 44.7 Å². The molecule has 1 atom stereocenters. The fraction of sp³-hybridized carbons (Fsp3) is 0.500. The minimum absolute atomic E-state index is 0.547. The second kappa shape index (κ2) is 5.57. The van der Waals surface area contributed by atoms with Crippen molar-refractivity contribution in [3.05, 3.63) is 42.5 Å². The van der Waals surface area contributed by atoms with E-state index in [1.54, 1.807) is 6.08 Å². The number of benzene rings is 1. The Morgan fingerprint density at radius 2 is 2.17 bits per heavy atom. The molecular weight excluding hydrogens is 222 g/mol. The fourth-order valence-corrected chi connectivity index (χ4v) is 2.25. The highest BCUT2D eigenvalue weighted by Gasteiger charge is 2.44. The molecular formula is C16H23NO. The highest BCUT2D eigenvalue weighted by molar-refractivity contribution is 5.33. The Labute approximate surface area is 110 Å². The summed E-state index contributed by atoms with van der Waals surface area (Å²) < 4.78 is 5.64. The second-order valence-electron chi connectivity index (χ2n) is 5.73. The third-order valence-electron chi connectivity index (χ3n) is 3.75. The van der Waals surface area contributed by atoms with Crippen molar-refractivity contribution in [3.63, 3.8) is 0 Å². The first-order valence-corrected chi connectivity index (χ1v) is 6.66. The van der Waals surface area contributed by atoms with Gasteiger partial charge < -0.3 is 10.1 Å². The quantitative estimate of drug-likeness (QED) is 0.743. The average Bonchev–Trinajstić information content (AvgIpc) is 2.96. The Morgan fingerprint density at radius 3 is 2.83 bits per heavy atom. The van der Waals surface area contributed by atoms with Crippen LogP contribution in [0.15, 0.2) is 36.9 Å². The van der Waals surface area contributed by atoms with E-state index in [1.165, 1.54) is 12.0 Å². The van der Waals surface area contributed by atoms with Gasteiger partial charge in [-0.25, -0.2) is 0 Å². The predicted octanol–water partition coefficient (Wildman–Crippen LogP) is 3.39. The molecule has 18 heavy (non-hydrogen) atoms. The molecule has 1 unspecified atom stereocenters. The Morgan fingerprint density at radius 1 is 1.44 bits per heavy atom. The smallest absolute Gasteiger partial charge is 0.124 e. The first-order valence-electron chi connectivity index (χ1n) is 6.66. The van der Waals surface area contributed by atoms with Crippen molar-refractivity contribution < 1.29 is 4.74 Å². The van der Waals surface area contributed by atoms with Crippen LogP contribution in [-0.4, -0.2) is 13.2 Å². The summed E-state index contributed by atoms with van der Waals surface area (Å²) in [7, 11) is 0. The van der Waals surface area contributed by atoms with Crippen LogP contribution in [0.2, 0.25) is 0 Å². The highest BCUT2D eigenvalue weighted by Crippen LogP contribution is 2.50. The van der Waals surface area contributed by atoms with Crippen molar-refractivity contribution in [2.45, 2.75) is 26.8 Å². The fourth-order valence-electron chi connectivity index (χ4n) is 2.25. The van der Waals surface area contributed by atoms with Crippen molar-refractivity contribution in [3.8, 4) is 5.75 Å². The van der Waals surface area contributed by atoms with E-state index in [2.05, 4.69) is 37.9 Å². The van der Waals surface area contributed by atoms with Crippen LogP contribution >= 0.6 is 0 Å². The maximum Gasteiger partial charge on any atom is 0.124 e. The molecule has 0 aliphatic heterocycles. The van der Waals surface area contributed by atoms with Crippen molar-refractivity contribution in [1.82, 2.24) is 5.32 Å². The van der Waals surface area contributed by atoms with E-state index < -0.39 is 0 Å². The maximum absolute atomic E-state index is 5.64. The lowest BCUT2D eigenvalue weighted by atomic mass is 10.1. The number of nitrogens with one attached hydrogen (secondary N) is 1. The van der Waals surface area contributed by atoms with E-state index in [9.17, 15) is 0 Å². The molecule has 2 heteroatoms. The van der Waals surface area contributed by atoms with Gasteiger partial charge in [0.2, 0.25) is 0 Å². The minimum Gasteiger partial charge on any atom is -0.489 e. The van der Waals surface area contributed by atoms with Crippen LogP contribution in [0.4, 0.5) is 0 Å². The maximum atomic E-state index is 5.64. The monoisotopic (exact) mass is 245 g/mol. The SMILES string of the molecule is C=CCOc1ccccc1CNCC1CC1(C)C. The molecule has 0 aromatic heterocycles. The summed E-state index contributed by atoms with van der Waals surface area (Å²) >= 11 is 0. The molecule has 98 valence electrons. The molecule has 1 aliphatic rings. The topological polar surface area (TPSA) is 21.3 Å². The van der Waals surface area contributed by atoms with Crippen molar-refractivity contribution >= 4 is 0 Å². The first-order chi connectivity index (χ1) is 8.63. The molecule has 2 nitrogen and oxygen atoms in total. The Kier molecular flexibility index (Phi) is 4.07. The van der Waals surface area contributed by atoms with Gasteiger partial charge >= 0.3 is 0 Å². The van der Waals surface area contributed by atoms with E-state index >= 15 is 0 Å². The predicted molar refractivity (Wildman–Crippen MR) is 75.7 cm³/mol. The zero-order valence-electron chi connectivity index (χ0n) is 11.4. The molecule has 1 fully saturated rings. The van der Waals surface area contributed by atoms with Gasteiger partial charge in [0.25, 0.3) is 0 Å². The van der Waals surface area contributed by atoms with Gasteiger partial charge in [0.05, 0.1) is 0 Å². The van der Waals surface area contributed by atoms with Crippen molar-refractivity contribution in [2.24, 2.45) is 11.3 Å². The Hall–Kier alpha value is -1.28. The standard InChI is InChI=1S/C16H23NO/c1-4-9-18-15-8-6-5-7-13(15)11-17-12-14-10-16(14,2)3/h4-8,14,17H,1,9-12H2,2-3H3. The molecule has 0 heterocycles. The third kappa shape index (κ3) is 3.36. The number of hydrogen-bond donors (Lipinski definition) is 1. The lowest BCUT2D eigenvalue weighted by Gasteiger charge is -2.11. The van der Waals surface area contributed by atoms with Crippen LogP contribution in [0, 0.1) is 11.3 Å². The number of hydrogen-bond acceptors (Lipinski definition) is 2. The van der Waals surface area contributed by atoms with Crippen LogP contribution in [0.1, 0.15) is 25.8 Å². The van der Waals surface area contributed by atoms with Gasteiger partial charge in [-0.05, 0) is 30.4 Å². The summed E-state index contributed by atoms with van der Waals surface area (Å²) in [5.74, 6) is 1.79. The zero-order chi connectivity index (χ0) is 13.0. The van der Waals surface area contributed by atoms with E-state index in [1.807, 2.05) is 12.1 Å². The van der Waals surface area contributed by atoms with Crippen LogP contribution in [0.25, 0.3) is 0 Å². The molecule has 1 aliphatic carbocycles. The van der Waals surface area contributed by atoms with Gasteiger partial charge in [0.1, 0.15) is 12.4 Å². The van der Waals surface area contributed by atoms with Gasteiger partial charge in [-0.3, -0.25) is 0 Å². The Bertz CT molecular complexity index is 411. The van der Waals surface area contributed by atoms with E-state index in [0.717, 1.165) is 24.8 Å². The number of ether oxygens (including phenoxy) is 1. The molecule has 2 rings (SSSR count). The van der Waals surface area contributed by atoms with Gasteiger partial charge in [-0.2, -0.15) is 0 Å². The molecule has 0 radical (unpaired) electrons. The third-order valence-corrected chi connectivity index (χ3v) is 3.75. The molecule has 1 N–H and O–H groups in total. The molecule has 0 bridgehead atoms. The molecule has 1 aromatic carbocycles. The lowest BCUT2D eigenvalue weighted by molar-refractivity contribution is 0.357. The molecule has 1 saturated carbocycles. The largest absolute Gasteiger partial charge is 0.489 e. The van der Waals surface area contributed by atoms with Crippen molar-refractivity contribution in [1.29, 1.82) is 0 Å². The van der Waals surface area contributed by atoms with Crippen LogP contribution in [-0.2, 0) is 6.54 Å². The summed E-state index contributed by atoms with van der Waals surface area (Å²) in [5, 5.41) is 3.53. The Balaban J connectivity index is 1.82. The van der Waals surface area contributed by atoms with E-state index in [0.29, 0.717) is 12.0 Å². The van der Waals surface area contributed by atoms with Crippen LogP contribution in [0.5, 0.6) is 5.75 Å². The van der Waals surface area contributed by atoms with Gasteiger partial charge in [-0.15, -0.1) is 0 Å². The summed E-state index contributed by atoms with van der Waals surface area (Å²) in [5.41, 5.74) is 1.77. The molecule has 0 saturated heterocycles. The number of rotatable bonds is 7. The molecule has 1 aromatic rings. The molecule has 0 spiro atoms. The molecule has 0 amide bonds. The highest BCUT2D eigenvalue weighted by atomic mass is 16.5. The number of para-hydroxylation sites is 1. The summed E-state index contributed by atoms with van der Waals surface area (Å²) in [6, 6.07) is 8.19. The normalized spacial score (nSPS) is 20.4. The summed E-state index contributed by atoms with van der Waals surface area (Å²) in [6.07, 6.45) is 3.12. The second-order valence-corrected chi connectivity index (χ2v) is 5.73. The first kappa shape index (κ1) is 13.2. The van der Waals surface area contributed by atoms with E-state index in [4.69, 9.17) is 4.74 Å². The average molecular weight is 245 g/mol. The van der Waals surface area contributed by atoms with E-state index in [-0.39, 0.29) is 0 Å². The lowest BCUT2D eigenvalue weighted by Crippen LogP contribution is -2.18. The summed E-state index contributed by atoms with van der Waals surface area (Å²) in [4.78, 5) is 0. The van der Waals surface area contributed by atoms with Gasteiger partial charge in [0, 0.05) is 12.1 Å².